The minimum atomic E-state index is -3.93. The lowest BCUT2D eigenvalue weighted by Crippen LogP contribution is -2.12. The summed E-state index contributed by atoms with van der Waals surface area (Å²) < 4.78 is 33.1. The number of carbonyl (C=O) groups is 1. The number of oxazole rings is 1. The normalized spacial score (nSPS) is 15.1. The largest absolute Gasteiger partial charge is 0.477 e. The Morgan fingerprint density at radius 2 is 2.24 bits per heavy atom. The first kappa shape index (κ1) is 13.7. The SMILES string of the molecule is Cc1coc(NS(=O)(=O)c2cc(C(=O)O)n(C3CC3)c2)n1. The van der Waals surface area contributed by atoms with Gasteiger partial charge in [-0.05, 0) is 25.8 Å². The molecule has 0 bridgehead atoms. The van der Waals surface area contributed by atoms with E-state index >= 15 is 0 Å². The van der Waals surface area contributed by atoms with Crippen molar-refractivity contribution in [1.82, 2.24) is 9.55 Å². The Morgan fingerprint density at radius 3 is 2.76 bits per heavy atom. The van der Waals surface area contributed by atoms with Crippen LogP contribution in [0.5, 0.6) is 0 Å². The van der Waals surface area contributed by atoms with Crippen LogP contribution in [0.3, 0.4) is 0 Å². The molecule has 1 aliphatic rings. The lowest BCUT2D eigenvalue weighted by molar-refractivity contribution is 0.0685. The number of aromatic nitrogens is 2. The van der Waals surface area contributed by atoms with Gasteiger partial charge in [-0.1, -0.05) is 0 Å². The van der Waals surface area contributed by atoms with Crippen LogP contribution in [0.4, 0.5) is 6.01 Å². The molecule has 1 fully saturated rings. The van der Waals surface area contributed by atoms with Gasteiger partial charge in [0, 0.05) is 12.2 Å². The molecule has 0 aromatic carbocycles. The van der Waals surface area contributed by atoms with Gasteiger partial charge in [0.2, 0.25) is 0 Å². The number of aromatic carboxylic acids is 1. The molecule has 2 heterocycles. The first-order valence-corrected chi connectivity index (χ1v) is 7.75. The number of nitrogens with one attached hydrogen (secondary N) is 1. The summed E-state index contributed by atoms with van der Waals surface area (Å²) in [6, 6.07) is 1.05. The summed E-state index contributed by atoms with van der Waals surface area (Å²) in [6.45, 7) is 1.66. The van der Waals surface area contributed by atoms with E-state index in [0.29, 0.717) is 5.69 Å². The van der Waals surface area contributed by atoms with Crippen molar-refractivity contribution in [3.05, 3.63) is 29.9 Å². The fourth-order valence-electron chi connectivity index (χ4n) is 2.00. The fourth-order valence-corrected chi connectivity index (χ4v) is 2.96. The third kappa shape index (κ3) is 2.64. The Balaban J connectivity index is 1.95. The Morgan fingerprint density at radius 1 is 1.52 bits per heavy atom. The Kier molecular flexibility index (Phi) is 3.01. The first-order valence-electron chi connectivity index (χ1n) is 6.27. The standard InChI is InChI=1S/C12H13N3O5S/c1-7-6-20-12(13-7)14-21(18,19)9-4-10(11(16)17)15(5-9)8-2-3-8/h4-6,8H,2-3H2,1H3,(H,13,14)(H,16,17). The summed E-state index contributed by atoms with van der Waals surface area (Å²) in [5.41, 5.74) is 0.496. The Hall–Kier alpha value is -2.29. The molecule has 8 nitrogen and oxygen atoms in total. The summed E-state index contributed by atoms with van der Waals surface area (Å²) in [5, 5.41) is 9.15. The van der Waals surface area contributed by atoms with Crippen LogP contribution in [-0.2, 0) is 10.0 Å². The molecule has 0 aliphatic heterocycles. The van der Waals surface area contributed by atoms with Crippen molar-refractivity contribution in [3.63, 3.8) is 0 Å². The number of aryl methyl sites for hydroxylation is 1. The van der Waals surface area contributed by atoms with Crippen molar-refractivity contribution in [2.45, 2.75) is 30.7 Å². The van der Waals surface area contributed by atoms with Crippen molar-refractivity contribution < 1.29 is 22.7 Å². The third-order valence-corrected chi connectivity index (χ3v) is 4.42. The molecule has 9 heteroatoms. The highest BCUT2D eigenvalue weighted by Gasteiger charge is 2.30. The maximum Gasteiger partial charge on any atom is 0.352 e. The van der Waals surface area contributed by atoms with Crippen LogP contribution in [0.25, 0.3) is 0 Å². The van der Waals surface area contributed by atoms with Crippen LogP contribution in [-0.4, -0.2) is 29.0 Å². The van der Waals surface area contributed by atoms with Crippen molar-refractivity contribution in [3.8, 4) is 0 Å². The van der Waals surface area contributed by atoms with Gasteiger partial charge < -0.3 is 14.1 Å². The van der Waals surface area contributed by atoms with Gasteiger partial charge >= 0.3 is 12.0 Å². The molecule has 1 saturated carbocycles. The van der Waals surface area contributed by atoms with Gasteiger partial charge in [-0.2, -0.15) is 4.98 Å². The fraction of sp³-hybridized carbons (Fsp3) is 0.333. The van der Waals surface area contributed by atoms with E-state index in [4.69, 9.17) is 9.52 Å². The van der Waals surface area contributed by atoms with Crippen LogP contribution in [0.2, 0.25) is 0 Å². The highest BCUT2D eigenvalue weighted by atomic mass is 32.2. The number of hydrogen-bond acceptors (Lipinski definition) is 5. The van der Waals surface area contributed by atoms with Crippen LogP contribution in [0.1, 0.15) is 35.1 Å². The number of hydrogen-bond donors (Lipinski definition) is 2. The van der Waals surface area contributed by atoms with Gasteiger partial charge in [-0.3, -0.25) is 0 Å². The van der Waals surface area contributed by atoms with Gasteiger partial charge in [0.15, 0.2) is 0 Å². The second-order valence-electron chi connectivity index (χ2n) is 4.90. The van der Waals surface area contributed by atoms with Gasteiger partial charge in [0.1, 0.15) is 16.9 Å². The summed E-state index contributed by atoms with van der Waals surface area (Å²) in [7, 11) is -3.93. The molecule has 0 radical (unpaired) electrons. The summed E-state index contributed by atoms with van der Waals surface area (Å²) in [6.07, 6.45) is 4.34. The van der Waals surface area contributed by atoms with Crippen molar-refractivity contribution in [1.29, 1.82) is 0 Å². The minimum Gasteiger partial charge on any atom is -0.477 e. The molecule has 0 atom stereocenters. The molecule has 0 amide bonds. The van der Waals surface area contributed by atoms with Crippen LogP contribution in [0, 0.1) is 6.92 Å². The Bertz CT molecular complexity index is 801. The summed E-state index contributed by atoms with van der Waals surface area (Å²) >= 11 is 0. The molecular weight excluding hydrogens is 298 g/mol. The average Bonchev–Trinajstić information content (AvgIpc) is 2.99. The van der Waals surface area contributed by atoms with Crippen molar-refractivity contribution in [2.24, 2.45) is 0 Å². The quantitative estimate of drug-likeness (QED) is 0.867. The van der Waals surface area contributed by atoms with Crippen LogP contribution < -0.4 is 4.72 Å². The van der Waals surface area contributed by atoms with Crippen molar-refractivity contribution in [2.75, 3.05) is 4.72 Å². The molecular formula is C12H13N3O5S. The number of nitrogens with zero attached hydrogens (tertiary/aromatic N) is 2. The second-order valence-corrected chi connectivity index (χ2v) is 6.59. The smallest absolute Gasteiger partial charge is 0.352 e. The van der Waals surface area contributed by atoms with E-state index in [1.54, 1.807) is 6.92 Å². The van der Waals surface area contributed by atoms with Crippen molar-refractivity contribution >= 4 is 22.0 Å². The van der Waals surface area contributed by atoms with E-state index in [-0.39, 0.29) is 22.6 Å². The van der Waals surface area contributed by atoms with Gasteiger partial charge in [-0.25, -0.2) is 17.9 Å². The molecule has 1 aliphatic carbocycles. The number of carboxylic acid groups (broad SMARTS) is 1. The van der Waals surface area contributed by atoms with Gasteiger partial charge in [-0.15, -0.1) is 0 Å². The lowest BCUT2D eigenvalue weighted by Gasteiger charge is -2.02. The van der Waals surface area contributed by atoms with Gasteiger partial charge in [0.05, 0.1) is 5.69 Å². The number of rotatable bonds is 5. The average molecular weight is 311 g/mol. The minimum absolute atomic E-state index is 0.0403. The highest BCUT2D eigenvalue weighted by molar-refractivity contribution is 7.92. The summed E-state index contributed by atoms with van der Waals surface area (Å²) in [5.74, 6) is -1.16. The molecule has 112 valence electrons. The molecule has 21 heavy (non-hydrogen) atoms. The molecule has 0 unspecified atom stereocenters. The maximum absolute atomic E-state index is 12.2. The van der Waals surface area contributed by atoms with E-state index in [9.17, 15) is 13.2 Å². The summed E-state index contributed by atoms with van der Waals surface area (Å²) in [4.78, 5) is 14.9. The highest BCUT2D eigenvalue weighted by Crippen LogP contribution is 2.37. The first-order chi connectivity index (χ1) is 9.87. The predicted octanol–water partition coefficient (Wildman–Crippen LogP) is 1.62. The second kappa shape index (κ2) is 4.62. The van der Waals surface area contributed by atoms with Crippen LogP contribution >= 0.6 is 0 Å². The molecule has 2 aromatic heterocycles. The van der Waals surface area contributed by atoms with E-state index in [1.165, 1.54) is 17.0 Å². The third-order valence-electron chi connectivity index (χ3n) is 3.13. The molecule has 2 aromatic rings. The molecule has 2 N–H and O–H groups in total. The maximum atomic E-state index is 12.2. The topological polar surface area (TPSA) is 114 Å². The Labute approximate surface area is 120 Å². The zero-order valence-electron chi connectivity index (χ0n) is 11.1. The van der Waals surface area contributed by atoms with Crippen LogP contribution in [0.15, 0.2) is 27.8 Å². The van der Waals surface area contributed by atoms with E-state index < -0.39 is 16.0 Å². The van der Waals surface area contributed by atoms with E-state index in [1.807, 2.05) is 0 Å². The molecule has 0 saturated heterocycles. The van der Waals surface area contributed by atoms with Gasteiger partial charge in [0.25, 0.3) is 10.0 Å². The zero-order chi connectivity index (χ0) is 15.2. The van der Waals surface area contributed by atoms with E-state index in [0.717, 1.165) is 18.9 Å². The zero-order valence-corrected chi connectivity index (χ0v) is 11.9. The predicted molar refractivity (Wildman–Crippen MR) is 71.7 cm³/mol. The number of sulfonamides is 1. The number of anilines is 1. The number of carboxylic acids is 1. The monoisotopic (exact) mass is 311 g/mol. The lowest BCUT2D eigenvalue weighted by atomic mass is 10.4. The molecule has 0 spiro atoms. The van der Waals surface area contributed by atoms with E-state index in [2.05, 4.69) is 9.71 Å². The molecule has 3 rings (SSSR count).